The molecule has 0 radical (unpaired) electrons. The lowest BCUT2D eigenvalue weighted by molar-refractivity contribution is -0.567. The summed E-state index contributed by atoms with van der Waals surface area (Å²) < 4.78 is 11.3. The van der Waals surface area contributed by atoms with Crippen molar-refractivity contribution in [1.82, 2.24) is 9.55 Å². The molecule has 280 valence electrons. The van der Waals surface area contributed by atoms with E-state index in [1.165, 1.54) is 16.7 Å². The largest absolute Gasteiger partial charge is 0.457 e. The Morgan fingerprint density at radius 1 is 0.552 bits per heavy atom. The molecule has 1 aliphatic heterocycles. The van der Waals surface area contributed by atoms with E-state index in [1.807, 2.05) is 18.3 Å². The first-order valence-corrected chi connectivity index (χ1v) is 19.9. The van der Waals surface area contributed by atoms with E-state index in [-0.39, 0.29) is 5.41 Å². The molecule has 0 fully saturated rings. The van der Waals surface area contributed by atoms with Gasteiger partial charge in [-0.05, 0) is 101 Å². The number of hydrogen-bond donors (Lipinski definition) is 0. The van der Waals surface area contributed by atoms with E-state index < -0.39 is 0 Å². The molecule has 58 heavy (non-hydrogen) atoms. The lowest BCUT2D eigenvalue weighted by Crippen LogP contribution is -2.29. The van der Waals surface area contributed by atoms with Crippen LogP contribution in [0.2, 0.25) is 0 Å². The van der Waals surface area contributed by atoms with Crippen molar-refractivity contribution in [2.45, 2.75) is 33.1 Å². The summed E-state index contributed by atoms with van der Waals surface area (Å²) >= 11 is 0. The van der Waals surface area contributed by atoms with Crippen LogP contribution in [0.25, 0.3) is 55.8 Å². The summed E-state index contributed by atoms with van der Waals surface area (Å²) in [6, 6.07) is 62.1. The molecule has 5 heteroatoms. The summed E-state index contributed by atoms with van der Waals surface area (Å²) in [6.07, 6.45) is 4.17. The van der Waals surface area contributed by atoms with E-state index in [0.29, 0.717) is 0 Å². The Bertz CT molecular complexity index is 2980. The molecule has 2 aromatic heterocycles. The van der Waals surface area contributed by atoms with Crippen LogP contribution in [0.3, 0.4) is 0 Å². The van der Waals surface area contributed by atoms with Crippen LogP contribution in [0.5, 0.6) is 11.5 Å². The Morgan fingerprint density at radius 3 is 1.98 bits per heavy atom. The van der Waals surface area contributed by atoms with Crippen LogP contribution < -0.4 is 14.2 Å². The number of para-hydroxylation sites is 3. The van der Waals surface area contributed by atoms with Crippen LogP contribution in [0.4, 0.5) is 17.2 Å². The van der Waals surface area contributed by atoms with Gasteiger partial charge >= 0.3 is 0 Å². The van der Waals surface area contributed by atoms with Gasteiger partial charge in [-0.1, -0.05) is 124 Å². The number of imidazole rings is 1. The Labute approximate surface area is 339 Å². The molecule has 9 aromatic rings. The third kappa shape index (κ3) is 6.22. The minimum Gasteiger partial charge on any atom is -0.457 e. The van der Waals surface area contributed by atoms with Crippen molar-refractivity contribution in [1.29, 1.82) is 0 Å². The highest BCUT2D eigenvalue weighted by Crippen LogP contribution is 2.51. The Kier molecular flexibility index (Phi) is 8.53. The number of aryl methyl sites for hydroxylation is 1. The average molecular weight is 752 g/mol. The van der Waals surface area contributed by atoms with E-state index in [1.54, 1.807) is 0 Å². The number of rotatable bonds is 6. The van der Waals surface area contributed by atoms with Gasteiger partial charge in [0.1, 0.15) is 28.7 Å². The second-order valence-corrected chi connectivity index (χ2v) is 16.0. The van der Waals surface area contributed by atoms with Gasteiger partial charge in [-0.2, -0.15) is 9.13 Å². The molecule has 0 unspecified atom stereocenters. The van der Waals surface area contributed by atoms with E-state index in [4.69, 9.17) is 9.72 Å². The molecule has 0 aliphatic carbocycles. The van der Waals surface area contributed by atoms with E-state index in [2.05, 4.69) is 212 Å². The first kappa shape index (κ1) is 35.2. The first-order valence-electron chi connectivity index (χ1n) is 19.9. The fraction of sp³-hybridized carbons (Fsp3) is 0.0943. The van der Waals surface area contributed by atoms with Crippen LogP contribution in [-0.4, -0.2) is 9.55 Å². The Hall–Kier alpha value is -7.24. The van der Waals surface area contributed by atoms with Crippen molar-refractivity contribution in [3.63, 3.8) is 0 Å². The van der Waals surface area contributed by atoms with Crippen molar-refractivity contribution in [3.05, 3.63) is 200 Å². The summed E-state index contributed by atoms with van der Waals surface area (Å²) in [5, 5.41) is 0. The number of nitrogens with zero attached hydrogens (tertiary/aromatic N) is 4. The van der Waals surface area contributed by atoms with Gasteiger partial charge in [0, 0.05) is 35.0 Å². The SMILES string of the molecule is Cc1cc(N2c3ccccc3-c3ccccc3-c3ccc(Oc4cccc(-n5c[n+](-c6ccc(C(C)(C)C)cc6)c6ccccc65)c4)cc32)ncc1-c1ccccc1. The van der Waals surface area contributed by atoms with Crippen LogP contribution in [0.1, 0.15) is 31.9 Å². The van der Waals surface area contributed by atoms with Gasteiger partial charge in [0.2, 0.25) is 0 Å². The smallest absolute Gasteiger partial charge is 0.255 e. The highest BCUT2D eigenvalue weighted by atomic mass is 16.5. The second-order valence-electron chi connectivity index (χ2n) is 16.0. The molecule has 0 bridgehead atoms. The fourth-order valence-electron chi connectivity index (χ4n) is 8.27. The fourth-order valence-corrected chi connectivity index (χ4v) is 8.27. The van der Waals surface area contributed by atoms with Crippen molar-refractivity contribution in [2.75, 3.05) is 4.90 Å². The number of pyridine rings is 1. The molecular weight excluding hydrogens is 709 g/mol. The zero-order valence-corrected chi connectivity index (χ0v) is 33.1. The molecule has 0 amide bonds. The molecule has 0 saturated heterocycles. The topological polar surface area (TPSA) is 34.2 Å². The van der Waals surface area contributed by atoms with Gasteiger partial charge in [0.25, 0.3) is 6.33 Å². The minimum absolute atomic E-state index is 0.0895. The van der Waals surface area contributed by atoms with Gasteiger partial charge in [0.05, 0.1) is 11.4 Å². The summed E-state index contributed by atoms with van der Waals surface area (Å²) in [5.41, 5.74) is 15.9. The second kappa shape index (κ2) is 14.1. The van der Waals surface area contributed by atoms with Crippen LogP contribution in [0, 0.1) is 6.92 Å². The molecule has 0 spiro atoms. The van der Waals surface area contributed by atoms with Gasteiger partial charge < -0.3 is 4.74 Å². The first-order chi connectivity index (χ1) is 28.3. The maximum atomic E-state index is 6.79. The molecular formula is C53H43N4O+. The standard InChI is InChI=1S/C53H43N4O/c1-36-31-52(54-34-47(36)37-15-6-5-7-16-37)57-48-22-11-10-21-45(48)43-19-8-9-20-44(43)46-30-29-42(33-51(46)57)58-41-18-14-17-40(32-41)56-35-55(49-23-12-13-24-50(49)56)39-27-25-38(26-28-39)53(2,3)4/h5-35H,1-4H3/q+1. The number of aromatic nitrogens is 3. The van der Waals surface area contributed by atoms with Gasteiger partial charge in [0.15, 0.2) is 11.0 Å². The van der Waals surface area contributed by atoms with Crippen LogP contribution >= 0.6 is 0 Å². The normalized spacial score (nSPS) is 12.1. The number of fused-ring (bicyclic) bond motifs is 6. The molecule has 0 saturated carbocycles. The number of ether oxygens (including phenoxy) is 1. The van der Waals surface area contributed by atoms with Crippen molar-refractivity contribution < 1.29 is 9.30 Å². The maximum absolute atomic E-state index is 6.79. The Balaban J connectivity index is 1.06. The lowest BCUT2D eigenvalue weighted by atomic mass is 9.87. The molecule has 10 rings (SSSR count). The highest BCUT2D eigenvalue weighted by molar-refractivity contribution is 6.02. The summed E-state index contributed by atoms with van der Waals surface area (Å²) in [5.74, 6) is 2.33. The van der Waals surface area contributed by atoms with Crippen molar-refractivity contribution in [2.24, 2.45) is 0 Å². The van der Waals surface area contributed by atoms with E-state index in [9.17, 15) is 0 Å². The zero-order chi connectivity index (χ0) is 39.4. The van der Waals surface area contributed by atoms with Gasteiger partial charge in [-0.15, -0.1) is 0 Å². The summed E-state index contributed by atoms with van der Waals surface area (Å²) in [4.78, 5) is 7.43. The predicted octanol–water partition coefficient (Wildman–Crippen LogP) is 13.5. The highest BCUT2D eigenvalue weighted by Gasteiger charge is 2.28. The molecule has 5 nitrogen and oxygen atoms in total. The monoisotopic (exact) mass is 751 g/mol. The third-order valence-electron chi connectivity index (χ3n) is 11.2. The Morgan fingerprint density at radius 2 is 1.22 bits per heavy atom. The number of benzene rings is 7. The quantitative estimate of drug-likeness (QED) is 0.159. The number of hydrogen-bond acceptors (Lipinski definition) is 3. The zero-order valence-electron chi connectivity index (χ0n) is 33.1. The van der Waals surface area contributed by atoms with Crippen molar-refractivity contribution >= 4 is 28.2 Å². The van der Waals surface area contributed by atoms with Gasteiger partial charge in [-0.3, -0.25) is 4.90 Å². The molecule has 0 atom stereocenters. The third-order valence-corrected chi connectivity index (χ3v) is 11.2. The molecule has 0 N–H and O–H groups in total. The molecule has 1 aliphatic rings. The predicted molar refractivity (Wildman–Crippen MR) is 237 cm³/mol. The van der Waals surface area contributed by atoms with E-state index in [0.717, 1.165) is 78.9 Å². The summed E-state index contributed by atoms with van der Waals surface area (Å²) in [7, 11) is 0. The minimum atomic E-state index is 0.0895. The average Bonchev–Trinajstić information content (AvgIpc) is 3.59. The lowest BCUT2D eigenvalue weighted by Gasteiger charge is -2.27. The van der Waals surface area contributed by atoms with Crippen molar-refractivity contribution in [3.8, 4) is 56.3 Å². The summed E-state index contributed by atoms with van der Waals surface area (Å²) in [6.45, 7) is 8.91. The maximum Gasteiger partial charge on any atom is 0.255 e. The molecule has 7 aromatic carbocycles. The van der Waals surface area contributed by atoms with Crippen LogP contribution in [0.15, 0.2) is 188 Å². The molecule has 3 heterocycles. The van der Waals surface area contributed by atoms with E-state index >= 15 is 0 Å². The van der Waals surface area contributed by atoms with Crippen LogP contribution in [-0.2, 0) is 5.41 Å². The number of anilines is 3. The van der Waals surface area contributed by atoms with Gasteiger partial charge in [-0.25, -0.2) is 4.98 Å².